The molecule has 0 aliphatic rings. The van der Waals surface area contributed by atoms with Crippen molar-refractivity contribution in [1.82, 2.24) is 15.5 Å². The maximum Gasteiger partial charge on any atom is 0.408 e. The number of benzene rings is 1. The van der Waals surface area contributed by atoms with E-state index in [1.165, 1.54) is 18.1 Å². The van der Waals surface area contributed by atoms with E-state index >= 15 is 0 Å². The maximum absolute atomic E-state index is 13.1. The van der Waals surface area contributed by atoms with Crippen LogP contribution in [0.4, 0.5) is 4.79 Å². The van der Waals surface area contributed by atoms with Gasteiger partial charge in [0.2, 0.25) is 11.8 Å². The van der Waals surface area contributed by atoms with Crippen LogP contribution in [0.15, 0.2) is 30.9 Å². The molecular weight excluding hydrogens is 414 g/mol. The number of amides is 3. The lowest BCUT2D eigenvalue weighted by Crippen LogP contribution is -2.48. The molecule has 0 saturated heterocycles. The summed E-state index contributed by atoms with van der Waals surface area (Å²) in [4.78, 5) is 50.9. The van der Waals surface area contributed by atoms with E-state index in [4.69, 9.17) is 4.74 Å². The summed E-state index contributed by atoms with van der Waals surface area (Å²) in [6.45, 7) is 11.9. The highest BCUT2D eigenvalue weighted by Crippen LogP contribution is 2.26. The van der Waals surface area contributed by atoms with Gasteiger partial charge in [0.15, 0.2) is 0 Å². The van der Waals surface area contributed by atoms with Gasteiger partial charge in [-0.1, -0.05) is 24.3 Å². The van der Waals surface area contributed by atoms with Crippen molar-refractivity contribution in [2.75, 3.05) is 26.7 Å². The zero-order valence-electron chi connectivity index (χ0n) is 19.6. The van der Waals surface area contributed by atoms with Crippen LogP contribution >= 0.6 is 0 Å². The average molecular weight is 448 g/mol. The van der Waals surface area contributed by atoms with Gasteiger partial charge in [-0.25, -0.2) is 4.79 Å². The monoisotopic (exact) mass is 447 g/mol. The molecular formula is C23H33N3O6. The molecule has 0 bridgehead atoms. The van der Waals surface area contributed by atoms with Crippen LogP contribution in [0.25, 0.3) is 0 Å². The molecule has 0 saturated carbocycles. The highest BCUT2D eigenvalue weighted by Gasteiger charge is 2.32. The third-order valence-corrected chi connectivity index (χ3v) is 4.56. The molecule has 1 aromatic rings. The van der Waals surface area contributed by atoms with Crippen LogP contribution in [-0.4, -0.2) is 61.1 Å². The topological polar surface area (TPSA) is 114 Å². The minimum absolute atomic E-state index is 0.0402. The molecule has 9 nitrogen and oxygen atoms in total. The average Bonchev–Trinajstić information content (AvgIpc) is 2.71. The SMILES string of the molecule is C=CCN(C(=O)CNC(=O)OC(C)(C)C)C(C(=O)NCC(=O)OC)c1cccc(C)c1C. The Bertz CT molecular complexity index is 860. The van der Waals surface area contributed by atoms with Crippen LogP contribution in [0.3, 0.4) is 0 Å². The van der Waals surface area contributed by atoms with Crippen molar-refractivity contribution >= 4 is 23.9 Å². The molecule has 0 aliphatic carbocycles. The number of alkyl carbamates (subject to hydrolysis) is 1. The summed E-state index contributed by atoms with van der Waals surface area (Å²) in [5.41, 5.74) is 1.64. The molecule has 176 valence electrons. The van der Waals surface area contributed by atoms with Gasteiger partial charge in [0.05, 0.1) is 7.11 Å². The van der Waals surface area contributed by atoms with Crippen molar-refractivity contribution in [2.45, 2.75) is 46.3 Å². The van der Waals surface area contributed by atoms with Crippen molar-refractivity contribution in [3.8, 4) is 0 Å². The number of nitrogens with zero attached hydrogens (tertiary/aromatic N) is 1. The molecule has 1 aromatic carbocycles. The predicted octanol–water partition coefficient (Wildman–Crippen LogP) is 2.17. The van der Waals surface area contributed by atoms with E-state index in [2.05, 4.69) is 21.9 Å². The molecule has 0 aliphatic heterocycles. The van der Waals surface area contributed by atoms with Gasteiger partial charge >= 0.3 is 12.1 Å². The van der Waals surface area contributed by atoms with Gasteiger partial charge < -0.3 is 25.0 Å². The Kier molecular flexibility index (Phi) is 9.90. The summed E-state index contributed by atoms with van der Waals surface area (Å²) >= 11 is 0. The third-order valence-electron chi connectivity index (χ3n) is 4.56. The van der Waals surface area contributed by atoms with Crippen molar-refractivity contribution in [3.05, 3.63) is 47.5 Å². The molecule has 2 N–H and O–H groups in total. The second-order valence-electron chi connectivity index (χ2n) is 8.18. The van der Waals surface area contributed by atoms with Crippen molar-refractivity contribution in [3.63, 3.8) is 0 Å². The second-order valence-corrected chi connectivity index (χ2v) is 8.18. The van der Waals surface area contributed by atoms with E-state index in [1.807, 2.05) is 19.9 Å². The Morgan fingerprint density at radius 3 is 2.34 bits per heavy atom. The highest BCUT2D eigenvalue weighted by atomic mass is 16.6. The fraction of sp³-hybridized carbons (Fsp3) is 0.478. The van der Waals surface area contributed by atoms with Gasteiger partial charge in [-0.05, 0) is 51.3 Å². The van der Waals surface area contributed by atoms with E-state index in [0.29, 0.717) is 5.56 Å². The molecule has 0 spiro atoms. The smallest absolute Gasteiger partial charge is 0.408 e. The van der Waals surface area contributed by atoms with Gasteiger partial charge in [0.1, 0.15) is 24.7 Å². The van der Waals surface area contributed by atoms with Crippen molar-refractivity contribution < 1.29 is 28.7 Å². The molecule has 32 heavy (non-hydrogen) atoms. The molecule has 1 atom stereocenters. The normalized spacial score (nSPS) is 11.7. The van der Waals surface area contributed by atoms with Crippen LogP contribution in [0.5, 0.6) is 0 Å². The fourth-order valence-corrected chi connectivity index (χ4v) is 2.90. The molecule has 1 rings (SSSR count). The van der Waals surface area contributed by atoms with E-state index in [-0.39, 0.29) is 19.6 Å². The van der Waals surface area contributed by atoms with E-state index in [9.17, 15) is 19.2 Å². The summed E-state index contributed by atoms with van der Waals surface area (Å²) in [5, 5.41) is 4.93. The Morgan fingerprint density at radius 2 is 1.78 bits per heavy atom. The van der Waals surface area contributed by atoms with Crippen LogP contribution < -0.4 is 10.6 Å². The summed E-state index contributed by atoms with van der Waals surface area (Å²) in [6, 6.07) is 4.38. The number of nitrogens with one attached hydrogen (secondary N) is 2. The van der Waals surface area contributed by atoms with Gasteiger partial charge in [-0.3, -0.25) is 14.4 Å². The Balaban J connectivity index is 3.23. The highest BCUT2D eigenvalue weighted by molar-refractivity contribution is 5.92. The first kappa shape index (κ1) is 26.7. The van der Waals surface area contributed by atoms with Crippen molar-refractivity contribution in [2.24, 2.45) is 0 Å². The predicted molar refractivity (Wildman–Crippen MR) is 120 cm³/mol. The number of esters is 1. The number of aryl methyl sites for hydroxylation is 1. The zero-order chi connectivity index (χ0) is 24.5. The Hall–Kier alpha value is -3.36. The molecule has 0 radical (unpaired) electrons. The van der Waals surface area contributed by atoms with Crippen LogP contribution in [-0.2, 0) is 23.9 Å². The fourth-order valence-electron chi connectivity index (χ4n) is 2.90. The van der Waals surface area contributed by atoms with Gasteiger partial charge in [0, 0.05) is 6.54 Å². The first-order valence-electron chi connectivity index (χ1n) is 10.2. The van der Waals surface area contributed by atoms with E-state index in [0.717, 1.165) is 11.1 Å². The summed E-state index contributed by atoms with van der Waals surface area (Å²) in [6.07, 6.45) is 0.736. The lowest BCUT2D eigenvalue weighted by Gasteiger charge is -2.32. The minimum atomic E-state index is -1.05. The molecule has 0 heterocycles. The maximum atomic E-state index is 13.1. The quantitative estimate of drug-likeness (QED) is 0.443. The van der Waals surface area contributed by atoms with Crippen LogP contribution in [0, 0.1) is 13.8 Å². The number of carbonyl (C=O) groups is 4. The lowest BCUT2D eigenvalue weighted by atomic mass is 9.95. The standard InChI is InChI=1S/C23H33N3O6/c1-8-12-26(18(27)13-25-22(30)32-23(4,5)6)20(21(29)24-14-19(28)31-7)17-11-9-10-15(2)16(17)3/h8-11,20H,1,12-14H2,2-7H3,(H,24,29)(H,25,30). The number of hydrogen-bond acceptors (Lipinski definition) is 6. The first-order chi connectivity index (χ1) is 14.9. The largest absolute Gasteiger partial charge is 0.468 e. The third kappa shape index (κ3) is 8.05. The molecule has 1 unspecified atom stereocenters. The molecule has 0 aromatic heterocycles. The second kappa shape index (κ2) is 11.9. The number of methoxy groups -OCH3 is 1. The van der Waals surface area contributed by atoms with Crippen LogP contribution in [0.1, 0.15) is 43.5 Å². The number of carbonyl (C=O) groups excluding carboxylic acids is 4. The first-order valence-corrected chi connectivity index (χ1v) is 10.2. The molecule has 0 fully saturated rings. The number of ether oxygens (including phenoxy) is 2. The van der Waals surface area contributed by atoms with Gasteiger partial charge in [0.25, 0.3) is 0 Å². The Morgan fingerprint density at radius 1 is 1.12 bits per heavy atom. The van der Waals surface area contributed by atoms with Crippen LogP contribution in [0.2, 0.25) is 0 Å². The minimum Gasteiger partial charge on any atom is -0.468 e. The lowest BCUT2D eigenvalue weighted by molar-refractivity contribution is -0.143. The number of hydrogen-bond donors (Lipinski definition) is 2. The Labute approximate surface area is 189 Å². The molecule has 9 heteroatoms. The summed E-state index contributed by atoms with van der Waals surface area (Å²) in [7, 11) is 1.21. The zero-order valence-corrected chi connectivity index (χ0v) is 19.6. The van der Waals surface area contributed by atoms with E-state index in [1.54, 1.807) is 32.9 Å². The summed E-state index contributed by atoms with van der Waals surface area (Å²) < 4.78 is 9.74. The molecule has 3 amide bonds. The van der Waals surface area contributed by atoms with E-state index < -0.39 is 35.5 Å². The summed E-state index contributed by atoms with van der Waals surface area (Å²) in [5.74, 6) is -1.70. The van der Waals surface area contributed by atoms with Crippen molar-refractivity contribution in [1.29, 1.82) is 0 Å². The number of rotatable bonds is 9. The van der Waals surface area contributed by atoms with Gasteiger partial charge in [-0.15, -0.1) is 6.58 Å². The van der Waals surface area contributed by atoms with Gasteiger partial charge in [-0.2, -0.15) is 0 Å².